The highest BCUT2D eigenvalue weighted by atomic mass is 16.3. The van der Waals surface area contributed by atoms with Gasteiger partial charge in [-0.25, -0.2) is 15.0 Å². The summed E-state index contributed by atoms with van der Waals surface area (Å²) in [7, 11) is 0. The molecule has 298 valence electrons. The zero-order valence-corrected chi connectivity index (χ0v) is 34.5. The Morgan fingerprint density at radius 1 is 0.312 bits per heavy atom. The molecule has 5 heteroatoms. The average Bonchev–Trinajstić information content (AvgIpc) is 3.92. The van der Waals surface area contributed by atoms with E-state index in [1.165, 1.54) is 32.3 Å². The van der Waals surface area contributed by atoms with Crippen molar-refractivity contribution in [1.82, 2.24) is 19.5 Å². The minimum atomic E-state index is 0.572. The van der Waals surface area contributed by atoms with E-state index in [9.17, 15) is 0 Å². The van der Waals surface area contributed by atoms with Crippen molar-refractivity contribution in [1.29, 1.82) is 0 Å². The molecule has 64 heavy (non-hydrogen) atoms. The van der Waals surface area contributed by atoms with Crippen molar-refractivity contribution < 1.29 is 4.42 Å². The smallest absolute Gasteiger partial charge is 0.164 e. The maximum Gasteiger partial charge on any atom is 0.164 e. The second kappa shape index (κ2) is 14.5. The summed E-state index contributed by atoms with van der Waals surface area (Å²) in [5.74, 6) is 1.78. The molecule has 0 aliphatic heterocycles. The van der Waals surface area contributed by atoms with Gasteiger partial charge in [-0.1, -0.05) is 176 Å². The standard InChI is InChI=1S/C59H36N4O/c1-3-16-39(17-4-1)57-60-58(40-18-5-2-6-19-40)62-59(61-57)52-34-42(41-30-29-38-28-27-37-15-7-8-20-44(37)49(38)33-41)31-32-45(52)50-35-43(36-51-48-23-11-14-26-55(48)64-56(50)51)63-53-24-12-9-21-46(53)47-22-10-13-25-54(47)63/h1-36H. The van der Waals surface area contributed by atoms with Gasteiger partial charge in [-0.15, -0.1) is 0 Å². The molecule has 0 spiro atoms. The Morgan fingerprint density at radius 2 is 0.844 bits per heavy atom. The number of para-hydroxylation sites is 3. The molecule has 0 aliphatic rings. The van der Waals surface area contributed by atoms with Crippen molar-refractivity contribution in [3.8, 4) is 62.1 Å². The van der Waals surface area contributed by atoms with E-state index in [2.05, 4.69) is 180 Å². The van der Waals surface area contributed by atoms with Crippen LogP contribution in [0, 0.1) is 0 Å². The van der Waals surface area contributed by atoms with Gasteiger partial charge < -0.3 is 8.98 Å². The minimum absolute atomic E-state index is 0.572. The highest BCUT2D eigenvalue weighted by molar-refractivity contribution is 6.14. The molecular formula is C59H36N4O. The number of fused-ring (bicyclic) bond motifs is 9. The number of benzene rings is 10. The lowest BCUT2D eigenvalue weighted by Gasteiger charge is -2.16. The van der Waals surface area contributed by atoms with Gasteiger partial charge in [0.1, 0.15) is 11.2 Å². The van der Waals surface area contributed by atoms with Crippen LogP contribution in [0.5, 0.6) is 0 Å². The van der Waals surface area contributed by atoms with Crippen molar-refractivity contribution in [2.75, 3.05) is 0 Å². The fourth-order valence-corrected chi connectivity index (χ4v) is 9.60. The van der Waals surface area contributed by atoms with Crippen LogP contribution in [0.1, 0.15) is 0 Å². The molecule has 3 aromatic heterocycles. The number of hydrogen-bond donors (Lipinski definition) is 0. The van der Waals surface area contributed by atoms with Gasteiger partial charge in [-0.05, 0) is 80.7 Å². The molecule has 0 radical (unpaired) electrons. The highest BCUT2D eigenvalue weighted by Gasteiger charge is 2.23. The zero-order chi connectivity index (χ0) is 42.1. The van der Waals surface area contributed by atoms with Crippen LogP contribution in [-0.4, -0.2) is 19.5 Å². The van der Waals surface area contributed by atoms with Crippen molar-refractivity contribution in [2.24, 2.45) is 0 Å². The van der Waals surface area contributed by atoms with Gasteiger partial charge in [0.05, 0.1) is 11.0 Å². The molecule has 0 N–H and O–H groups in total. The van der Waals surface area contributed by atoms with Crippen molar-refractivity contribution in [2.45, 2.75) is 0 Å². The molecule has 0 aliphatic carbocycles. The predicted octanol–water partition coefficient (Wildman–Crippen LogP) is 15.5. The van der Waals surface area contributed by atoms with E-state index in [1.807, 2.05) is 42.5 Å². The van der Waals surface area contributed by atoms with Crippen LogP contribution in [-0.2, 0) is 0 Å². The first-order valence-electron chi connectivity index (χ1n) is 21.6. The number of rotatable bonds is 6. The molecule has 0 atom stereocenters. The predicted molar refractivity (Wildman–Crippen MR) is 264 cm³/mol. The van der Waals surface area contributed by atoms with Crippen LogP contribution in [0.2, 0.25) is 0 Å². The van der Waals surface area contributed by atoms with E-state index < -0.39 is 0 Å². The molecule has 3 heterocycles. The summed E-state index contributed by atoms with van der Waals surface area (Å²) in [4.78, 5) is 15.7. The summed E-state index contributed by atoms with van der Waals surface area (Å²) in [5, 5.41) is 9.36. The first kappa shape index (κ1) is 36.0. The topological polar surface area (TPSA) is 56.7 Å². The first-order valence-corrected chi connectivity index (χ1v) is 21.6. The quantitative estimate of drug-likeness (QED) is 0.157. The Balaban J connectivity index is 1.13. The van der Waals surface area contributed by atoms with Crippen LogP contribution < -0.4 is 0 Å². The molecule has 13 rings (SSSR count). The van der Waals surface area contributed by atoms with Crippen molar-refractivity contribution in [3.05, 3.63) is 218 Å². The van der Waals surface area contributed by atoms with Gasteiger partial charge in [0.25, 0.3) is 0 Å². The van der Waals surface area contributed by atoms with Gasteiger partial charge >= 0.3 is 0 Å². The van der Waals surface area contributed by atoms with Crippen molar-refractivity contribution >= 4 is 65.3 Å². The SMILES string of the molecule is c1ccc(-c2nc(-c3ccccc3)nc(-c3cc(-c4ccc5ccc6ccccc6c5c4)ccc3-c3cc(-n4c5ccccc5c5ccccc54)cc4c3oc3ccccc34)n2)cc1. The molecule has 10 aromatic carbocycles. The molecule has 0 fully saturated rings. The first-order chi connectivity index (χ1) is 31.7. The van der Waals surface area contributed by atoms with Gasteiger partial charge in [-0.2, -0.15) is 0 Å². The van der Waals surface area contributed by atoms with E-state index in [4.69, 9.17) is 19.4 Å². The number of nitrogens with zero attached hydrogens (tertiary/aromatic N) is 4. The summed E-state index contributed by atoms with van der Waals surface area (Å²) in [6.45, 7) is 0. The Morgan fingerprint density at radius 3 is 1.55 bits per heavy atom. The second-order valence-electron chi connectivity index (χ2n) is 16.4. The summed E-state index contributed by atoms with van der Waals surface area (Å²) < 4.78 is 9.29. The third kappa shape index (κ3) is 5.83. The Hall–Kier alpha value is -8.67. The highest BCUT2D eigenvalue weighted by Crippen LogP contribution is 2.44. The second-order valence-corrected chi connectivity index (χ2v) is 16.4. The van der Waals surface area contributed by atoms with E-state index >= 15 is 0 Å². The maximum atomic E-state index is 6.90. The monoisotopic (exact) mass is 816 g/mol. The van der Waals surface area contributed by atoms with Gasteiger partial charge in [0.2, 0.25) is 0 Å². The molecule has 0 unspecified atom stereocenters. The summed E-state index contributed by atoms with van der Waals surface area (Å²) in [6.07, 6.45) is 0. The Kier molecular flexibility index (Phi) is 8.15. The van der Waals surface area contributed by atoms with E-state index in [1.54, 1.807) is 0 Å². The van der Waals surface area contributed by atoms with Crippen LogP contribution in [0.25, 0.3) is 127 Å². The van der Waals surface area contributed by atoms with Gasteiger partial charge in [0.15, 0.2) is 17.5 Å². The van der Waals surface area contributed by atoms with Crippen LogP contribution in [0.15, 0.2) is 223 Å². The lowest BCUT2D eigenvalue weighted by atomic mass is 9.91. The lowest BCUT2D eigenvalue weighted by Crippen LogP contribution is -2.02. The largest absolute Gasteiger partial charge is 0.455 e. The number of hydrogen-bond acceptors (Lipinski definition) is 4. The molecule has 0 saturated heterocycles. The van der Waals surface area contributed by atoms with Crippen LogP contribution in [0.3, 0.4) is 0 Å². The summed E-state index contributed by atoms with van der Waals surface area (Å²) in [6, 6.07) is 77.0. The molecule has 0 saturated carbocycles. The molecule has 5 nitrogen and oxygen atoms in total. The molecular weight excluding hydrogens is 781 g/mol. The van der Waals surface area contributed by atoms with Gasteiger partial charge in [-0.3, -0.25) is 0 Å². The third-order valence-electron chi connectivity index (χ3n) is 12.6. The number of aromatic nitrogens is 4. The zero-order valence-electron chi connectivity index (χ0n) is 34.5. The fraction of sp³-hybridized carbons (Fsp3) is 0. The number of furan rings is 1. The normalized spacial score (nSPS) is 11.8. The minimum Gasteiger partial charge on any atom is -0.455 e. The van der Waals surface area contributed by atoms with E-state index in [0.717, 1.165) is 77.6 Å². The Labute approximate surface area is 368 Å². The third-order valence-corrected chi connectivity index (χ3v) is 12.6. The van der Waals surface area contributed by atoms with Gasteiger partial charge in [0, 0.05) is 49.5 Å². The van der Waals surface area contributed by atoms with E-state index in [0.29, 0.717) is 17.5 Å². The van der Waals surface area contributed by atoms with Crippen LogP contribution >= 0.6 is 0 Å². The lowest BCUT2D eigenvalue weighted by molar-refractivity contribution is 0.670. The molecule has 0 bridgehead atoms. The van der Waals surface area contributed by atoms with Crippen molar-refractivity contribution in [3.63, 3.8) is 0 Å². The van der Waals surface area contributed by atoms with Crippen LogP contribution in [0.4, 0.5) is 0 Å². The molecule has 13 aromatic rings. The fourth-order valence-electron chi connectivity index (χ4n) is 9.60. The summed E-state index contributed by atoms with van der Waals surface area (Å²) >= 11 is 0. The Bertz CT molecular complexity index is 3850. The maximum absolute atomic E-state index is 6.90. The van der Waals surface area contributed by atoms with E-state index in [-0.39, 0.29) is 0 Å². The summed E-state index contributed by atoms with van der Waals surface area (Å²) in [5.41, 5.74) is 11.7. The molecule has 0 amide bonds. The average molecular weight is 817 g/mol.